The van der Waals surface area contributed by atoms with Gasteiger partial charge in [0.2, 0.25) is 11.8 Å². The highest BCUT2D eigenvalue weighted by Crippen LogP contribution is 2.44. The van der Waals surface area contributed by atoms with Gasteiger partial charge in [0.25, 0.3) is 0 Å². The molecule has 9 heteroatoms. The smallest absolute Gasteiger partial charge is 0.318 e. The number of likely N-dealkylation sites (tertiary alicyclic amines) is 1. The lowest BCUT2D eigenvalue weighted by Crippen LogP contribution is -2.50. The minimum absolute atomic E-state index is 0.0261. The Morgan fingerprint density at radius 1 is 1.09 bits per heavy atom. The van der Waals surface area contributed by atoms with Gasteiger partial charge in [-0.2, -0.15) is 0 Å². The minimum Gasteiger partial charge on any atom is -0.408 e. The molecular formula is C23H36N6O3. The maximum Gasteiger partial charge on any atom is 0.318 e. The second kappa shape index (κ2) is 8.90. The molecule has 5 rings (SSSR count). The van der Waals surface area contributed by atoms with Gasteiger partial charge < -0.3 is 24.9 Å². The highest BCUT2D eigenvalue weighted by Gasteiger charge is 2.54. The molecule has 3 amide bonds. The van der Waals surface area contributed by atoms with Crippen LogP contribution in [0.3, 0.4) is 0 Å². The third kappa shape index (κ3) is 4.43. The SMILES string of the molecule is Cc1nnc(N2C[C@H]3CN(C(=O)NC4CCCCC4)CCC[C@@]3(C(=O)NCC3CC3)C2)o1. The molecule has 4 aliphatic rings. The molecule has 2 atom stereocenters. The van der Waals surface area contributed by atoms with Crippen LogP contribution in [0.1, 0.15) is 63.7 Å². The molecule has 3 heterocycles. The summed E-state index contributed by atoms with van der Waals surface area (Å²) in [6.07, 6.45) is 9.79. The quantitative estimate of drug-likeness (QED) is 0.723. The van der Waals surface area contributed by atoms with E-state index < -0.39 is 5.41 Å². The molecule has 0 radical (unpaired) electrons. The number of nitrogens with zero attached hydrogens (tertiary/aromatic N) is 4. The molecule has 0 spiro atoms. The van der Waals surface area contributed by atoms with E-state index in [9.17, 15) is 9.59 Å². The van der Waals surface area contributed by atoms with E-state index in [-0.39, 0.29) is 23.9 Å². The average Bonchev–Trinajstić information content (AvgIpc) is 3.46. The van der Waals surface area contributed by atoms with Crippen LogP contribution in [0, 0.1) is 24.2 Å². The van der Waals surface area contributed by atoms with Crippen molar-refractivity contribution in [3.05, 3.63) is 5.89 Å². The van der Waals surface area contributed by atoms with Crippen molar-refractivity contribution < 1.29 is 14.0 Å². The van der Waals surface area contributed by atoms with Gasteiger partial charge in [-0.05, 0) is 44.4 Å². The van der Waals surface area contributed by atoms with Crippen LogP contribution in [0.15, 0.2) is 4.42 Å². The molecule has 0 aromatic carbocycles. The molecule has 0 bridgehead atoms. The number of urea groups is 1. The van der Waals surface area contributed by atoms with Gasteiger partial charge in [-0.3, -0.25) is 4.79 Å². The van der Waals surface area contributed by atoms with Crippen molar-refractivity contribution in [2.45, 2.75) is 70.8 Å². The van der Waals surface area contributed by atoms with E-state index in [1.54, 1.807) is 6.92 Å². The number of hydrogen-bond acceptors (Lipinski definition) is 6. The Bertz CT molecular complexity index is 833. The van der Waals surface area contributed by atoms with Gasteiger partial charge in [0.1, 0.15) is 0 Å². The normalized spacial score (nSPS) is 28.8. The molecule has 2 aliphatic carbocycles. The number of aryl methyl sites for hydroxylation is 1. The van der Waals surface area contributed by atoms with Crippen LogP contribution in [0.5, 0.6) is 0 Å². The number of amides is 3. The third-order valence-electron chi connectivity index (χ3n) is 7.89. The topological polar surface area (TPSA) is 104 Å². The van der Waals surface area contributed by atoms with Crippen LogP contribution in [0.4, 0.5) is 10.8 Å². The molecule has 32 heavy (non-hydrogen) atoms. The standard InChI is InChI=1S/C23H36N6O3/c1-16-26-27-22(32-16)29-14-18-13-28(21(31)25-19-6-3-2-4-7-19)11-5-10-23(18,15-29)20(30)24-12-17-8-9-17/h17-19H,2-15H2,1H3,(H,24,30)(H,25,31)/t18-,23-/m1/s1. The zero-order valence-electron chi connectivity index (χ0n) is 19.1. The summed E-state index contributed by atoms with van der Waals surface area (Å²) in [5, 5.41) is 14.7. The number of fused-ring (bicyclic) bond motifs is 1. The summed E-state index contributed by atoms with van der Waals surface area (Å²) >= 11 is 0. The van der Waals surface area contributed by atoms with E-state index in [2.05, 4.69) is 20.8 Å². The summed E-state index contributed by atoms with van der Waals surface area (Å²) in [7, 11) is 0. The number of aromatic nitrogens is 2. The van der Waals surface area contributed by atoms with Crippen molar-refractivity contribution in [1.82, 2.24) is 25.7 Å². The number of nitrogens with one attached hydrogen (secondary N) is 2. The van der Waals surface area contributed by atoms with Crippen molar-refractivity contribution in [3.8, 4) is 0 Å². The first-order valence-electron chi connectivity index (χ1n) is 12.4. The van der Waals surface area contributed by atoms with Gasteiger partial charge in [0.15, 0.2) is 0 Å². The number of anilines is 1. The van der Waals surface area contributed by atoms with Crippen LogP contribution in [-0.4, -0.2) is 65.8 Å². The van der Waals surface area contributed by atoms with Crippen molar-refractivity contribution in [2.75, 3.05) is 37.6 Å². The monoisotopic (exact) mass is 444 g/mol. The Kier molecular flexibility index (Phi) is 5.99. The Morgan fingerprint density at radius 2 is 1.91 bits per heavy atom. The second-order valence-corrected chi connectivity index (χ2v) is 10.3. The summed E-state index contributed by atoms with van der Waals surface area (Å²) in [4.78, 5) is 30.6. The largest absolute Gasteiger partial charge is 0.408 e. The Hall–Kier alpha value is -2.32. The fraction of sp³-hybridized carbons (Fsp3) is 0.826. The highest BCUT2D eigenvalue weighted by atomic mass is 16.4. The molecular weight excluding hydrogens is 408 g/mol. The highest BCUT2D eigenvalue weighted by molar-refractivity contribution is 5.85. The van der Waals surface area contributed by atoms with Gasteiger partial charge >= 0.3 is 12.0 Å². The van der Waals surface area contributed by atoms with Gasteiger partial charge in [0.05, 0.1) is 5.41 Å². The zero-order chi connectivity index (χ0) is 22.1. The Labute approximate surface area is 189 Å². The van der Waals surface area contributed by atoms with E-state index in [1.165, 1.54) is 32.1 Å². The summed E-state index contributed by atoms with van der Waals surface area (Å²) in [5.41, 5.74) is -0.531. The predicted octanol–water partition coefficient (Wildman–Crippen LogP) is 2.46. The van der Waals surface area contributed by atoms with E-state index in [0.29, 0.717) is 44.0 Å². The summed E-state index contributed by atoms with van der Waals surface area (Å²) in [5.74, 6) is 1.32. The van der Waals surface area contributed by atoms with Crippen molar-refractivity contribution in [2.24, 2.45) is 17.3 Å². The number of rotatable bonds is 5. The number of hydrogen-bond donors (Lipinski definition) is 2. The second-order valence-electron chi connectivity index (χ2n) is 10.3. The lowest BCUT2D eigenvalue weighted by molar-refractivity contribution is -0.132. The fourth-order valence-electron chi connectivity index (χ4n) is 5.80. The van der Waals surface area contributed by atoms with Crippen LogP contribution < -0.4 is 15.5 Å². The van der Waals surface area contributed by atoms with Crippen LogP contribution in [0.25, 0.3) is 0 Å². The lowest BCUT2D eigenvalue weighted by atomic mass is 9.74. The molecule has 176 valence electrons. The van der Waals surface area contributed by atoms with Gasteiger partial charge in [0, 0.05) is 51.6 Å². The molecule has 2 N–H and O–H groups in total. The van der Waals surface area contributed by atoms with Gasteiger partial charge in [-0.1, -0.05) is 24.4 Å². The van der Waals surface area contributed by atoms with E-state index in [0.717, 1.165) is 32.2 Å². The van der Waals surface area contributed by atoms with Gasteiger partial charge in [-0.25, -0.2) is 4.79 Å². The Balaban J connectivity index is 1.32. The van der Waals surface area contributed by atoms with Crippen LogP contribution in [0.2, 0.25) is 0 Å². The Morgan fingerprint density at radius 3 is 2.62 bits per heavy atom. The molecule has 4 fully saturated rings. The van der Waals surface area contributed by atoms with E-state index >= 15 is 0 Å². The van der Waals surface area contributed by atoms with Crippen LogP contribution >= 0.6 is 0 Å². The first-order chi connectivity index (χ1) is 15.5. The van der Waals surface area contributed by atoms with E-state index in [1.807, 2.05) is 9.80 Å². The molecule has 2 saturated heterocycles. The molecule has 1 aromatic heterocycles. The maximum absolute atomic E-state index is 13.5. The summed E-state index contributed by atoms with van der Waals surface area (Å²) in [6, 6.07) is 0.786. The summed E-state index contributed by atoms with van der Waals surface area (Å²) in [6.45, 7) is 5.03. The molecule has 2 aliphatic heterocycles. The van der Waals surface area contributed by atoms with E-state index in [4.69, 9.17) is 4.42 Å². The minimum atomic E-state index is -0.531. The molecule has 0 unspecified atom stereocenters. The number of carbonyl (C=O) groups is 2. The van der Waals surface area contributed by atoms with Crippen molar-refractivity contribution in [1.29, 1.82) is 0 Å². The lowest BCUT2D eigenvalue weighted by Gasteiger charge is -2.33. The van der Waals surface area contributed by atoms with Crippen molar-refractivity contribution in [3.63, 3.8) is 0 Å². The third-order valence-corrected chi connectivity index (χ3v) is 7.89. The zero-order valence-corrected chi connectivity index (χ0v) is 19.1. The van der Waals surface area contributed by atoms with Crippen molar-refractivity contribution >= 4 is 18.0 Å². The van der Waals surface area contributed by atoms with Gasteiger partial charge in [-0.15, -0.1) is 5.10 Å². The molecule has 9 nitrogen and oxygen atoms in total. The fourth-order valence-corrected chi connectivity index (χ4v) is 5.80. The first kappa shape index (κ1) is 21.5. The molecule has 2 saturated carbocycles. The summed E-state index contributed by atoms with van der Waals surface area (Å²) < 4.78 is 5.69. The molecule has 1 aromatic rings. The first-order valence-corrected chi connectivity index (χ1v) is 12.4. The number of carbonyl (C=O) groups excluding carboxylic acids is 2. The average molecular weight is 445 g/mol. The predicted molar refractivity (Wildman–Crippen MR) is 119 cm³/mol. The maximum atomic E-state index is 13.5. The van der Waals surface area contributed by atoms with Crippen LogP contribution in [-0.2, 0) is 4.79 Å².